The first kappa shape index (κ1) is 18.2. The number of aromatic nitrogens is 2. The third kappa shape index (κ3) is 3.89. The number of nitrogens with one attached hydrogen (secondary N) is 1. The molecule has 7 nitrogen and oxygen atoms in total. The quantitative estimate of drug-likeness (QED) is 0.749. The van der Waals surface area contributed by atoms with E-state index in [9.17, 15) is 9.59 Å². The summed E-state index contributed by atoms with van der Waals surface area (Å²) < 4.78 is 5.75. The minimum absolute atomic E-state index is 0.0322. The molecular weight excluding hydrogens is 356 g/mol. The number of hydrogen-bond donors (Lipinski definition) is 1. The number of hydrogen-bond acceptors (Lipinski definition) is 5. The first-order chi connectivity index (χ1) is 13.6. The highest BCUT2D eigenvalue weighted by molar-refractivity contribution is 5.78. The minimum Gasteiger partial charge on any atom is -0.492 e. The number of rotatable bonds is 4. The first-order valence-corrected chi connectivity index (χ1v) is 9.25. The van der Waals surface area contributed by atoms with E-state index in [2.05, 4.69) is 14.9 Å². The Morgan fingerprint density at radius 2 is 2.00 bits per heavy atom. The predicted molar refractivity (Wildman–Crippen MR) is 106 cm³/mol. The zero-order valence-corrected chi connectivity index (χ0v) is 15.7. The monoisotopic (exact) mass is 378 g/mol. The molecule has 0 bridgehead atoms. The Kier molecular flexibility index (Phi) is 5.08. The molecule has 7 heteroatoms. The van der Waals surface area contributed by atoms with Crippen molar-refractivity contribution < 1.29 is 9.53 Å². The van der Waals surface area contributed by atoms with Crippen LogP contribution in [0.2, 0.25) is 0 Å². The van der Waals surface area contributed by atoms with Crippen molar-refractivity contribution in [3.8, 4) is 5.75 Å². The number of fused-ring (bicyclic) bond motifs is 2. The summed E-state index contributed by atoms with van der Waals surface area (Å²) in [5.41, 5.74) is 1.52. The summed E-state index contributed by atoms with van der Waals surface area (Å²) in [4.78, 5) is 35.8. The molecular formula is C21H22N4O3. The van der Waals surface area contributed by atoms with Gasteiger partial charge in [-0.2, -0.15) is 0 Å². The van der Waals surface area contributed by atoms with Gasteiger partial charge in [-0.25, -0.2) is 4.98 Å². The number of para-hydroxylation sites is 2. The van der Waals surface area contributed by atoms with E-state index >= 15 is 0 Å². The second-order valence-corrected chi connectivity index (χ2v) is 6.95. The Bertz CT molecular complexity index is 1060. The summed E-state index contributed by atoms with van der Waals surface area (Å²) in [6, 6.07) is 15.1. The predicted octanol–water partition coefficient (Wildman–Crippen LogP) is 1.78. The van der Waals surface area contributed by atoms with Gasteiger partial charge in [0.15, 0.2) is 0 Å². The van der Waals surface area contributed by atoms with Gasteiger partial charge in [0.1, 0.15) is 18.2 Å². The van der Waals surface area contributed by atoms with Crippen molar-refractivity contribution in [3.05, 3.63) is 70.3 Å². The normalized spacial score (nSPS) is 14.2. The van der Waals surface area contributed by atoms with Crippen LogP contribution in [-0.2, 0) is 17.9 Å². The highest BCUT2D eigenvalue weighted by Crippen LogP contribution is 2.22. The molecule has 144 valence electrons. The molecule has 1 amide bonds. The van der Waals surface area contributed by atoms with E-state index in [-0.39, 0.29) is 24.6 Å². The largest absolute Gasteiger partial charge is 0.492 e. The van der Waals surface area contributed by atoms with Crippen LogP contribution in [0.25, 0.3) is 10.9 Å². The summed E-state index contributed by atoms with van der Waals surface area (Å²) in [6.45, 7) is 2.43. The van der Waals surface area contributed by atoms with Crippen molar-refractivity contribution in [1.29, 1.82) is 0 Å². The van der Waals surface area contributed by atoms with Gasteiger partial charge in [0.25, 0.3) is 5.56 Å². The molecule has 2 heterocycles. The van der Waals surface area contributed by atoms with Crippen LogP contribution in [0.5, 0.6) is 5.75 Å². The molecule has 0 fully saturated rings. The van der Waals surface area contributed by atoms with Crippen LogP contribution in [-0.4, -0.2) is 52.4 Å². The topological polar surface area (TPSA) is 78.5 Å². The molecule has 1 aliphatic rings. The van der Waals surface area contributed by atoms with Gasteiger partial charge in [-0.15, -0.1) is 0 Å². The van der Waals surface area contributed by atoms with Crippen LogP contribution in [0.1, 0.15) is 11.4 Å². The number of nitrogens with zero attached hydrogens (tertiary/aromatic N) is 3. The lowest BCUT2D eigenvalue weighted by atomic mass is 10.2. The number of amides is 1. The molecule has 0 atom stereocenters. The average Bonchev–Trinajstić information content (AvgIpc) is 2.89. The van der Waals surface area contributed by atoms with Gasteiger partial charge in [-0.05, 0) is 18.2 Å². The molecule has 2 aromatic carbocycles. The fourth-order valence-electron chi connectivity index (χ4n) is 3.35. The van der Waals surface area contributed by atoms with Crippen molar-refractivity contribution in [3.63, 3.8) is 0 Å². The van der Waals surface area contributed by atoms with E-state index in [1.807, 2.05) is 30.3 Å². The Morgan fingerprint density at radius 1 is 1.21 bits per heavy atom. The third-order valence-corrected chi connectivity index (χ3v) is 4.87. The van der Waals surface area contributed by atoms with Gasteiger partial charge in [0.05, 0.1) is 24.0 Å². The highest BCUT2D eigenvalue weighted by Gasteiger charge is 2.20. The molecule has 0 saturated heterocycles. The molecule has 4 rings (SSSR count). The summed E-state index contributed by atoms with van der Waals surface area (Å²) in [5, 5.41) is 0.545. The summed E-state index contributed by atoms with van der Waals surface area (Å²) in [7, 11) is 1.72. The van der Waals surface area contributed by atoms with Gasteiger partial charge in [0, 0.05) is 25.7 Å². The maximum atomic E-state index is 12.7. The Hall–Kier alpha value is -3.19. The maximum Gasteiger partial charge on any atom is 0.258 e. The van der Waals surface area contributed by atoms with E-state index < -0.39 is 0 Å². The third-order valence-electron chi connectivity index (χ3n) is 4.87. The molecule has 1 aliphatic heterocycles. The number of H-pyrrole nitrogens is 1. The summed E-state index contributed by atoms with van der Waals surface area (Å²) >= 11 is 0. The van der Waals surface area contributed by atoms with Crippen LogP contribution in [0, 0.1) is 0 Å². The fraction of sp³-hybridized carbons (Fsp3) is 0.286. The fourth-order valence-corrected chi connectivity index (χ4v) is 3.35. The Morgan fingerprint density at radius 3 is 2.89 bits per heavy atom. The van der Waals surface area contributed by atoms with Crippen molar-refractivity contribution >= 4 is 16.8 Å². The summed E-state index contributed by atoms with van der Waals surface area (Å²) in [5.74, 6) is 1.32. The lowest BCUT2D eigenvalue weighted by Crippen LogP contribution is -2.39. The lowest BCUT2D eigenvalue weighted by molar-refractivity contribution is -0.131. The van der Waals surface area contributed by atoms with Crippen molar-refractivity contribution in [1.82, 2.24) is 19.8 Å². The van der Waals surface area contributed by atoms with E-state index in [4.69, 9.17) is 4.74 Å². The van der Waals surface area contributed by atoms with Crippen molar-refractivity contribution in [2.24, 2.45) is 0 Å². The molecule has 1 N–H and O–H groups in total. The van der Waals surface area contributed by atoms with E-state index in [1.165, 1.54) is 0 Å². The van der Waals surface area contributed by atoms with Crippen LogP contribution < -0.4 is 10.3 Å². The highest BCUT2D eigenvalue weighted by atomic mass is 16.5. The molecule has 0 unspecified atom stereocenters. The van der Waals surface area contributed by atoms with Crippen LogP contribution in [0.15, 0.2) is 53.3 Å². The molecule has 0 spiro atoms. The van der Waals surface area contributed by atoms with E-state index in [0.717, 1.165) is 11.3 Å². The number of carbonyl (C=O) groups is 1. The number of ether oxygens (including phenoxy) is 1. The Labute approximate surface area is 162 Å². The average molecular weight is 378 g/mol. The smallest absolute Gasteiger partial charge is 0.258 e. The summed E-state index contributed by atoms with van der Waals surface area (Å²) in [6.07, 6.45) is 0. The van der Waals surface area contributed by atoms with Gasteiger partial charge in [-0.1, -0.05) is 30.3 Å². The number of aromatic amines is 1. The van der Waals surface area contributed by atoms with Crippen molar-refractivity contribution in [2.75, 3.05) is 26.7 Å². The molecule has 0 radical (unpaired) electrons. The zero-order chi connectivity index (χ0) is 19.5. The second-order valence-electron chi connectivity index (χ2n) is 6.95. The van der Waals surface area contributed by atoms with Gasteiger partial charge in [-0.3, -0.25) is 14.5 Å². The van der Waals surface area contributed by atoms with Gasteiger partial charge < -0.3 is 14.6 Å². The number of likely N-dealkylation sites (N-methyl/N-ethyl adjacent to an activating group) is 1. The first-order valence-electron chi connectivity index (χ1n) is 9.25. The molecule has 0 aliphatic carbocycles. The standard InChI is InChI=1S/C21H22N4O3/c1-24(13-19-22-17-8-4-3-7-16(17)21(27)23-19)20(26)14-25-10-11-28-18-9-5-2-6-15(18)12-25/h2-9H,10-14H2,1H3,(H,22,23,27). The molecule has 3 aromatic rings. The van der Waals surface area contributed by atoms with E-state index in [1.54, 1.807) is 30.1 Å². The SMILES string of the molecule is CN(Cc1nc2ccccc2c(=O)[nH]1)C(=O)CN1CCOc2ccccc2C1. The zero-order valence-electron chi connectivity index (χ0n) is 15.7. The molecule has 1 aromatic heterocycles. The van der Waals surface area contributed by atoms with Crippen LogP contribution in [0.3, 0.4) is 0 Å². The molecule has 0 saturated carbocycles. The second kappa shape index (κ2) is 7.82. The van der Waals surface area contributed by atoms with Crippen LogP contribution >= 0.6 is 0 Å². The molecule has 28 heavy (non-hydrogen) atoms. The maximum absolute atomic E-state index is 12.7. The lowest BCUT2D eigenvalue weighted by Gasteiger charge is -2.23. The number of benzene rings is 2. The Balaban J connectivity index is 1.43. The number of carbonyl (C=O) groups excluding carboxylic acids is 1. The van der Waals surface area contributed by atoms with E-state index in [0.29, 0.717) is 36.4 Å². The van der Waals surface area contributed by atoms with Gasteiger partial charge in [0.2, 0.25) is 5.91 Å². The van der Waals surface area contributed by atoms with Crippen molar-refractivity contribution in [2.45, 2.75) is 13.1 Å². The minimum atomic E-state index is -0.192. The van der Waals surface area contributed by atoms with Crippen LogP contribution in [0.4, 0.5) is 0 Å². The van der Waals surface area contributed by atoms with Gasteiger partial charge >= 0.3 is 0 Å².